The van der Waals surface area contributed by atoms with Crippen LogP contribution in [0.4, 0.5) is 0 Å². The number of thioether (sulfide) groups is 1. The molecule has 1 fully saturated rings. The first-order valence-corrected chi connectivity index (χ1v) is 10.4. The number of rotatable bonds is 5. The van der Waals surface area contributed by atoms with Crippen LogP contribution >= 0.6 is 23.4 Å². The van der Waals surface area contributed by atoms with Crippen molar-refractivity contribution >= 4 is 44.5 Å². The van der Waals surface area contributed by atoms with Gasteiger partial charge >= 0.3 is 0 Å². The summed E-state index contributed by atoms with van der Waals surface area (Å²) in [6, 6.07) is 14.9. The highest BCUT2D eigenvalue weighted by atomic mass is 35.5. The molecule has 2 aromatic rings. The fourth-order valence-corrected chi connectivity index (χ4v) is 4.93. The summed E-state index contributed by atoms with van der Waals surface area (Å²) in [5.74, 6) is -0.217. The van der Waals surface area contributed by atoms with Crippen molar-refractivity contribution in [2.75, 3.05) is 6.54 Å². The van der Waals surface area contributed by atoms with Crippen LogP contribution in [0.15, 0.2) is 76.5 Å². The number of sulfonamides is 1. The predicted octanol–water partition coefficient (Wildman–Crippen LogP) is 3.89. The van der Waals surface area contributed by atoms with Crippen molar-refractivity contribution < 1.29 is 13.2 Å². The maximum atomic E-state index is 12.7. The smallest absolute Gasteiger partial charge is 0.284 e. The van der Waals surface area contributed by atoms with E-state index in [1.165, 1.54) is 35.2 Å². The van der Waals surface area contributed by atoms with Crippen LogP contribution in [0.5, 0.6) is 0 Å². The van der Waals surface area contributed by atoms with E-state index in [-0.39, 0.29) is 22.5 Å². The summed E-state index contributed by atoms with van der Waals surface area (Å²) in [4.78, 5) is 14.1. The van der Waals surface area contributed by atoms with Crippen molar-refractivity contribution in [1.29, 1.82) is 0 Å². The van der Waals surface area contributed by atoms with Gasteiger partial charge < -0.3 is 0 Å². The summed E-state index contributed by atoms with van der Waals surface area (Å²) in [6.45, 7) is 3.82. The van der Waals surface area contributed by atoms with E-state index in [1.807, 2.05) is 30.3 Å². The van der Waals surface area contributed by atoms with Crippen LogP contribution in [-0.4, -0.2) is 30.9 Å². The van der Waals surface area contributed by atoms with Crippen molar-refractivity contribution in [2.45, 2.75) is 10.1 Å². The van der Waals surface area contributed by atoms with Gasteiger partial charge in [-0.3, -0.25) is 9.69 Å². The van der Waals surface area contributed by atoms with Crippen molar-refractivity contribution in [3.8, 4) is 0 Å². The second-order valence-corrected chi connectivity index (χ2v) is 8.56. The standard InChI is InChI=1S/C18H15ClN2O3S2/c1-2-12-21-17(22)16(13-6-4-3-5-7-13)25-18(21)20-26(23,24)15-10-8-14(19)9-11-15/h2-11,16H,1,12H2/t16-/m1/s1. The Labute approximate surface area is 161 Å². The van der Waals surface area contributed by atoms with Gasteiger partial charge in [-0.05, 0) is 29.8 Å². The first-order chi connectivity index (χ1) is 12.4. The topological polar surface area (TPSA) is 66.8 Å². The molecule has 0 radical (unpaired) electrons. The van der Waals surface area contributed by atoms with E-state index in [9.17, 15) is 13.2 Å². The number of amidine groups is 1. The number of benzene rings is 2. The van der Waals surface area contributed by atoms with Gasteiger partial charge in [0.05, 0.1) is 4.90 Å². The quantitative estimate of drug-likeness (QED) is 0.706. The van der Waals surface area contributed by atoms with E-state index in [1.54, 1.807) is 0 Å². The second kappa shape index (κ2) is 7.65. The average Bonchev–Trinajstić information content (AvgIpc) is 2.92. The first-order valence-electron chi connectivity index (χ1n) is 7.67. The number of hydrogen-bond acceptors (Lipinski definition) is 4. The molecular weight excluding hydrogens is 392 g/mol. The van der Waals surface area contributed by atoms with Gasteiger partial charge in [0.2, 0.25) is 5.91 Å². The number of carbonyl (C=O) groups is 1. The summed E-state index contributed by atoms with van der Waals surface area (Å²) in [7, 11) is -3.96. The molecule has 0 unspecified atom stereocenters. The zero-order chi connectivity index (χ0) is 18.7. The molecule has 0 aliphatic carbocycles. The zero-order valence-corrected chi connectivity index (χ0v) is 16.0. The van der Waals surface area contributed by atoms with E-state index in [2.05, 4.69) is 11.0 Å². The molecule has 1 aliphatic rings. The summed E-state index contributed by atoms with van der Waals surface area (Å²) >= 11 is 6.92. The molecule has 0 saturated carbocycles. The van der Waals surface area contributed by atoms with Crippen LogP contribution in [0, 0.1) is 0 Å². The predicted molar refractivity (Wildman–Crippen MR) is 105 cm³/mol. The lowest BCUT2D eigenvalue weighted by Gasteiger charge is -2.13. The molecule has 1 atom stereocenters. The van der Waals surface area contributed by atoms with Gasteiger partial charge in [-0.25, -0.2) is 0 Å². The molecule has 3 rings (SSSR count). The third-order valence-electron chi connectivity index (χ3n) is 3.67. The Balaban J connectivity index is 1.98. The van der Waals surface area contributed by atoms with E-state index in [0.29, 0.717) is 5.02 Å². The van der Waals surface area contributed by atoms with Gasteiger partial charge in [-0.15, -0.1) is 11.0 Å². The van der Waals surface area contributed by atoms with E-state index in [0.717, 1.165) is 17.3 Å². The number of hydrogen-bond donors (Lipinski definition) is 0. The zero-order valence-electron chi connectivity index (χ0n) is 13.6. The fourth-order valence-electron chi connectivity index (χ4n) is 2.42. The van der Waals surface area contributed by atoms with Gasteiger partial charge in [0.1, 0.15) is 5.25 Å². The minimum Gasteiger partial charge on any atom is -0.285 e. The largest absolute Gasteiger partial charge is 0.285 e. The highest BCUT2D eigenvalue weighted by molar-refractivity contribution is 8.15. The highest BCUT2D eigenvalue weighted by Gasteiger charge is 2.39. The molecule has 0 spiro atoms. The lowest BCUT2D eigenvalue weighted by atomic mass is 10.1. The summed E-state index contributed by atoms with van der Waals surface area (Å²) in [5, 5.41) is 0.0356. The van der Waals surface area contributed by atoms with Gasteiger partial charge in [0, 0.05) is 11.6 Å². The van der Waals surface area contributed by atoms with E-state index >= 15 is 0 Å². The molecule has 1 amide bonds. The second-order valence-electron chi connectivity index (χ2n) is 5.45. The molecule has 0 N–H and O–H groups in total. The van der Waals surface area contributed by atoms with Crippen LogP contribution in [0.3, 0.4) is 0 Å². The molecule has 134 valence electrons. The fraction of sp³-hybridized carbons (Fsp3) is 0.111. The Hall–Kier alpha value is -2.09. The Morgan fingerprint density at radius 2 is 1.81 bits per heavy atom. The minimum atomic E-state index is -3.96. The van der Waals surface area contributed by atoms with Gasteiger partial charge in [-0.2, -0.15) is 8.42 Å². The average molecular weight is 407 g/mol. The van der Waals surface area contributed by atoms with Crippen LogP contribution in [-0.2, 0) is 14.8 Å². The highest BCUT2D eigenvalue weighted by Crippen LogP contribution is 2.40. The Kier molecular flexibility index (Phi) is 5.50. The van der Waals surface area contributed by atoms with Crippen molar-refractivity contribution in [1.82, 2.24) is 4.90 Å². The third-order valence-corrected chi connectivity index (χ3v) is 6.55. The van der Waals surface area contributed by atoms with Crippen molar-refractivity contribution in [3.05, 3.63) is 77.8 Å². The number of carbonyl (C=O) groups excluding carboxylic acids is 1. The van der Waals surface area contributed by atoms with E-state index in [4.69, 9.17) is 11.6 Å². The molecule has 1 heterocycles. The molecule has 5 nitrogen and oxygen atoms in total. The lowest BCUT2D eigenvalue weighted by molar-refractivity contribution is -0.125. The molecule has 0 aromatic heterocycles. The van der Waals surface area contributed by atoms with Crippen molar-refractivity contribution in [3.63, 3.8) is 0 Å². The molecule has 26 heavy (non-hydrogen) atoms. The third kappa shape index (κ3) is 3.85. The number of nitrogens with zero attached hydrogens (tertiary/aromatic N) is 2. The Bertz CT molecular complexity index is 958. The van der Waals surface area contributed by atoms with E-state index < -0.39 is 15.3 Å². The normalized spacial score (nSPS) is 19.1. The Morgan fingerprint density at radius 1 is 1.15 bits per heavy atom. The maximum Gasteiger partial charge on any atom is 0.284 e. The monoisotopic (exact) mass is 406 g/mol. The first kappa shape index (κ1) is 18.7. The summed E-state index contributed by atoms with van der Waals surface area (Å²) in [5.41, 5.74) is 0.797. The van der Waals surface area contributed by atoms with Crippen LogP contribution in [0.1, 0.15) is 10.8 Å². The van der Waals surface area contributed by atoms with Crippen LogP contribution in [0.2, 0.25) is 5.02 Å². The molecule has 1 saturated heterocycles. The molecular formula is C18H15ClN2O3S2. The summed E-state index contributed by atoms with van der Waals surface area (Å²) in [6.07, 6.45) is 1.54. The number of halogens is 1. The maximum absolute atomic E-state index is 12.7. The van der Waals surface area contributed by atoms with Gasteiger partial charge in [0.15, 0.2) is 5.17 Å². The van der Waals surface area contributed by atoms with Crippen LogP contribution in [0.25, 0.3) is 0 Å². The molecule has 2 aromatic carbocycles. The van der Waals surface area contributed by atoms with Gasteiger partial charge in [-0.1, -0.05) is 59.8 Å². The van der Waals surface area contributed by atoms with Gasteiger partial charge in [0.25, 0.3) is 10.0 Å². The number of amides is 1. The molecule has 8 heteroatoms. The molecule has 1 aliphatic heterocycles. The SMILES string of the molecule is C=CCN1C(=O)[C@@H](c2ccccc2)SC1=NS(=O)(=O)c1ccc(Cl)cc1. The Morgan fingerprint density at radius 3 is 2.42 bits per heavy atom. The summed E-state index contributed by atoms with van der Waals surface area (Å²) < 4.78 is 29.1. The van der Waals surface area contributed by atoms with Crippen molar-refractivity contribution in [2.24, 2.45) is 4.40 Å². The molecule has 0 bridgehead atoms. The minimum absolute atomic E-state index is 0.0177. The lowest BCUT2D eigenvalue weighted by Crippen LogP contribution is -2.30. The van der Waals surface area contributed by atoms with Crippen LogP contribution < -0.4 is 0 Å².